The normalized spacial score (nSPS) is 15.8. The second kappa shape index (κ2) is 11.8. The number of piperazine rings is 1. The first-order valence-electron chi connectivity index (χ1n) is 12.5. The number of hydrogen-bond donors (Lipinski definition) is 0. The SMILES string of the molecule is CC(C)(C)OC(=O)N1CCN(C(=O)OCc2ccccc2)C[C@H]1CCOc1ccc(-n2cccn2)cc1. The molecule has 1 saturated heterocycles. The van der Waals surface area contributed by atoms with E-state index in [0.717, 1.165) is 17.0 Å². The topological polar surface area (TPSA) is 86.1 Å². The highest BCUT2D eigenvalue weighted by Crippen LogP contribution is 2.20. The molecule has 2 amide bonds. The van der Waals surface area contributed by atoms with Crippen molar-refractivity contribution in [1.82, 2.24) is 19.6 Å². The molecular weight excluding hydrogens is 472 g/mol. The van der Waals surface area contributed by atoms with Gasteiger partial charge in [0.2, 0.25) is 0 Å². The Bertz CT molecular complexity index is 1140. The summed E-state index contributed by atoms with van der Waals surface area (Å²) in [6.45, 7) is 7.17. The summed E-state index contributed by atoms with van der Waals surface area (Å²) in [4.78, 5) is 29.0. The third-order valence-corrected chi connectivity index (χ3v) is 5.90. The lowest BCUT2D eigenvalue weighted by atomic mass is 10.1. The van der Waals surface area contributed by atoms with E-state index in [9.17, 15) is 9.59 Å². The Hall–Kier alpha value is -4.01. The van der Waals surface area contributed by atoms with Gasteiger partial charge in [-0.2, -0.15) is 5.10 Å². The van der Waals surface area contributed by atoms with E-state index in [2.05, 4.69) is 5.10 Å². The van der Waals surface area contributed by atoms with Crippen molar-refractivity contribution in [2.24, 2.45) is 0 Å². The number of ether oxygens (including phenoxy) is 3. The predicted molar refractivity (Wildman–Crippen MR) is 139 cm³/mol. The fourth-order valence-electron chi connectivity index (χ4n) is 4.07. The first-order chi connectivity index (χ1) is 17.8. The van der Waals surface area contributed by atoms with Gasteiger partial charge in [0.25, 0.3) is 0 Å². The van der Waals surface area contributed by atoms with Crippen LogP contribution in [0.1, 0.15) is 32.8 Å². The fourth-order valence-corrected chi connectivity index (χ4v) is 4.07. The lowest BCUT2D eigenvalue weighted by Gasteiger charge is -2.41. The maximum absolute atomic E-state index is 12.9. The van der Waals surface area contributed by atoms with Crippen molar-refractivity contribution < 1.29 is 23.8 Å². The summed E-state index contributed by atoms with van der Waals surface area (Å²) in [5, 5.41) is 4.23. The van der Waals surface area contributed by atoms with Crippen molar-refractivity contribution in [2.45, 2.75) is 45.4 Å². The molecule has 0 N–H and O–H groups in total. The Morgan fingerprint density at radius 1 is 0.973 bits per heavy atom. The lowest BCUT2D eigenvalue weighted by molar-refractivity contribution is -0.00614. The van der Waals surface area contributed by atoms with E-state index >= 15 is 0 Å². The van der Waals surface area contributed by atoms with Crippen LogP contribution in [0.15, 0.2) is 73.1 Å². The number of hydrogen-bond acceptors (Lipinski definition) is 6. The van der Waals surface area contributed by atoms with Gasteiger partial charge in [0.05, 0.1) is 18.3 Å². The third-order valence-electron chi connectivity index (χ3n) is 5.90. The van der Waals surface area contributed by atoms with Gasteiger partial charge in [0, 0.05) is 38.4 Å². The zero-order chi connectivity index (χ0) is 26.3. The minimum atomic E-state index is -0.611. The van der Waals surface area contributed by atoms with Crippen molar-refractivity contribution >= 4 is 12.2 Å². The van der Waals surface area contributed by atoms with Gasteiger partial charge >= 0.3 is 12.2 Å². The molecule has 37 heavy (non-hydrogen) atoms. The Balaban J connectivity index is 1.35. The maximum atomic E-state index is 12.9. The van der Waals surface area contributed by atoms with E-state index in [-0.39, 0.29) is 12.6 Å². The Morgan fingerprint density at radius 2 is 1.73 bits per heavy atom. The van der Waals surface area contributed by atoms with Crippen LogP contribution in [0.2, 0.25) is 0 Å². The monoisotopic (exact) mass is 506 g/mol. The zero-order valence-corrected chi connectivity index (χ0v) is 21.6. The van der Waals surface area contributed by atoms with Gasteiger partial charge in [-0.25, -0.2) is 14.3 Å². The van der Waals surface area contributed by atoms with Crippen LogP contribution >= 0.6 is 0 Å². The predicted octanol–water partition coefficient (Wildman–Crippen LogP) is 4.90. The van der Waals surface area contributed by atoms with Crippen LogP contribution in [0.4, 0.5) is 9.59 Å². The molecule has 1 fully saturated rings. The van der Waals surface area contributed by atoms with Crippen LogP contribution in [0.3, 0.4) is 0 Å². The summed E-state index contributed by atoms with van der Waals surface area (Å²) in [6, 6.07) is 18.8. The van der Waals surface area contributed by atoms with Crippen LogP contribution in [0, 0.1) is 0 Å². The van der Waals surface area contributed by atoms with Crippen molar-refractivity contribution in [2.75, 3.05) is 26.2 Å². The summed E-state index contributed by atoms with van der Waals surface area (Å²) in [5.41, 5.74) is 1.25. The molecule has 3 aromatic rings. The van der Waals surface area contributed by atoms with Crippen LogP contribution in [-0.2, 0) is 16.1 Å². The number of amides is 2. The van der Waals surface area contributed by atoms with Crippen LogP contribution < -0.4 is 4.74 Å². The second-order valence-corrected chi connectivity index (χ2v) is 9.90. The summed E-state index contributed by atoms with van der Waals surface area (Å²) >= 11 is 0. The highest BCUT2D eigenvalue weighted by Gasteiger charge is 2.35. The molecule has 2 aromatic carbocycles. The molecule has 1 aliphatic rings. The number of benzene rings is 2. The van der Waals surface area contributed by atoms with Crippen molar-refractivity contribution in [3.05, 3.63) is 78.6 Å². The molecule has 0 bridgehead atoms. The van der Waals surface area contributed by atoms with E-state index in [4.69, 9.17) is 14.2 Å². The van der Waals surface area contributed by atoms with E-state index in [1.54, 1.807) is 20.7 Å². The van der Waals surface area contributed by atoms with Gasteiger partial charge in [-0.3, -0.25) is 0 Å². The molecule has 2 heterocycles. The molecule has 0 radical (unpaired) electrons. The molecule has 0 spiro atoms. The Kier molecular flexibility index (Phi) is 8.32. The van der Waals surface area contributed by atoms with E-state index in [1.165, 1.54) is 0 Å². The first kappa shape index (κ1) is 26.1. The standard InChI is InChI=1S/C28H34N4O5/c1-28(2,3)37-27(34)31-18-17-30(26(33)36-21-22-8-5-4-6-9-22)20-24(31)14-19-35-25-12-10-23(11-13-25)32-16-7-15-29-32/h4-13,15-16,24H,14,17-21H2,1-3H3/t24-/m1/s1. The molecule has 4 rings (SSSR count). The molecule has 196 valence electrons. The minimum absolute atomic E-state index is 0.203. The molecule has 0 aliphatic carbocycles. The number of carbonyl (C=O) groups excluding carboxylic acids is 2. The number of carbonyl (C=O) groups is 2. The number of rotatable bonds is 7. The Labute approximate surface area is 217 Å². The molecule has 0 unspecified atom stereocenters. The van der Waals surface area contributed by atoms with Gasteiger partial charge < -0.3 is 24.0 Å². The first-order valence-corrected chi connectivity index (χ1v) is 12.5. The van der Waals surface area contributed by atoms with E-state index < -0.39 is 17.8 Å². The highest BCUT2D eigenvalue weighted by molar-refractivity contribution is 5.71. The number of nitrogens with zero attached hydrogens (tertiary/aromatic N) is 4. The van der Waals surface area contributed by atoms with Crippen LogP contribution in [0.25, 0.3) is 5.69 Å². The van der Waals surface area contributed by atoms with Gasteiger partial charge in [-0.15, -0.1) is 0 Å². The molecule has 9 heteroatoms. The molecule has 9 nitrogen and oxygen atoms in total. The van der Waals surface area contributed by atoms with Crippen molar-refractivity contribution in [3.8, 4) is 11.4 Å². The van der Waals surface area contributed by atoms with Gasteiger partial charge in [-0.1, -0.05) is 30.3 Å². The average Bonchev–Trinajstić information content (AvgIpc) is 3.42. The number of aromatic nitrogens is 2. The largest absolute Gasteiger partial charge is 0.494 e. The van der Waals surface area contributed by atoms with Crippen LogP contribution in [0.5, 0.6) is 5.75 Å². The average molecular weight is 507 g/mol. The zero-order valence-electron chi connectivity index (χ0n) is 21.6. The molecule has 1 atom stereocenters. The highest BCUT2D eigenvalue weighted by atomic mass is 16.6. The van der Waals surface area contributed by atoms with Crippen molar-refractivity contribution in [1.29, 1.82) is 0 Å². The molecular formula is C28H34N4O5. The van der Waals surface area contributed by atoms with Gasteiger partial charge in [0.15, 0.2) is 0 Å². The summed E-state index contributed by atoms with van der Waals surface area (Å²) in [5.74, 6) is 0.717. The fraction of sp³-hybridized carbons (Fsp3) is 0.393. The summed E-state index contributed by atoms with van der Waals surface area (Å²) < 4.78 is 18.9. The van der Waals surface area contributed by atoms with Gasteiger partial charge in [-0.05, 0) is 56.7 Å². The maximum Gasteiger partial charge on any atom is 0.410 e. The van der Waals surface area contributed by atoms with E-state index in [0.29, 0.717) is 32.7 Å². The molecule has 1 aromatic heterocycles. The second-order valence-electron chi connectivity index (χ2n) is 9.90. The third kappa shape index (κ3) is 7.49. The molecule has 0 saturated carbocycles. The quantitative estimate of drug-likeness (QED) is 0.453. The summed E-state index contributed by atoms with van der Waals surface area (Å²) in [6.07, 6.45) is 3.35. The lowest BCUT2D eigenvalue weighted by Crippen LogP contribution is -2.57. The Morgan fingerprint density at radius 3 is 2.41 bits per heavy atom. The van der Waals surface area contributed by atoms with Crippen molar-refractivity contribution in [3.63, 3.8) is 0 Å². The summed E-state index contributed by atoms with van der Waals surface area (Å²) in [7, 11) is 0. The molecule has 1 aliphatic heterocycles. The smallest absolute Gasteiger partial charge is 0.410 e. The van der Waals surface area contributed by atoms with Crippen LogP contribution in [-0.4, -0.2) is 69.7 Å². The minimum Gasteiger partial charge on any atom is -0.494 e. The van der Waals surface area contributed by atoms with Gasteiger partial charge in [0.1, 0.15) is 18.0 Å². The van der Waals surface area contributed by atoms with E-state index in [1.807, 2.05) is 87.6 Å².